The topological polar surface area (TPSA) is 20.3 Å². The van der Waals surface area contributed by atoms with Crippen LogP contribution in [0.5, 0.6) is 0 Å². The van der Waals surface area contributed by atoms with E-state index < -0.39 is 0 Å². The summed E-state index contributed by atoms with van der Waals surface area (Å²) in [6, 6.07) is 7.44. The first-order valence-electron chi connectivity index (χ1n) is 5.40. The minimum absolute atomic E-state index is 0.102. The second-order valence-corrected chi connectivity index (χ2v) is 3.59. The van der Waals surface area contributed by atoms with E-state index >= 15 is 0 Å². The summed E-state index contributed by atoms with van der Waals surface area (Å²) < 4.78 is 0. The average molecular weight is 204 g/mol. The van der Waals surface area contributed by atoms with Crippen LogP contribution in [0, 0.1) is 6.92 Å². The lowest BCUT2D eigenvalue weighted by atomic mass is 10.1. The van der Waals surface area contributed by atoms with Gasteiger partial charge in [-0.15, -0.1) is 0 Å². The Bertz CT molecular complexity index is 333. The largest absolute Gasteiger partial charge is 0.339 e. The van der Waals surface area contributed by atoms with Crippen molar-refractivity contribution in [3.05, 3.63) is 42.3 Å². The number of nitrogens with zero attached hydrogens (tertiary/aromatic N) is 1. The predicted octanol–water partition coefficient (Wildman–Crippen LogP) is 2.74. The van der Waals surface area contributed by atoms with Gasteiger partial charge in [0.1, 0.15) is 0 Å². The molecule has 0 aromatic heterocycles. The molecule has 0 N–H and O–H groups in total. The second-order valence-electron chi connectivity index (χ2n) is 3.59. The Morgan fingerprint density at radius 3 is 2.67 bits per heavy atom. The van der Waals surface area contributed by atoms with Crippen molar-refractivity contribution in [3.63, 3.8) is 0 Å². The Kier molecular flexibility index (Phi) is 4.35. The van der Waals surface area contributed by atoms with Crippen molar-refractivity contribution in [2.45, 2.75) is 20.3 Å². The van der Waals surface area contributed by atoms with Gasteiger partial charge in [0, 0.05) is 18.7 Å². The third-order valence-electron chi connectivity index (χ3n) is 2.34. The van der Waals surface area contributed by atoms with Crippen LogP contribution >= 0.6 is 0 Å². The van der Waals surface area contributed by atoms with Gasteiger partial charge in [0.2, 0.25) is 0 Å². The SMILES string of the molecule is [CH2]c1cccc(C(=O)N(CC)CCC)c1. The molecule has 0 aliphatic carbocycles. The van der Waals surface area contributed by atoms with E-state index in [1.807, 2.05) is 36.1 Å². The third-order valence-corrected chi connectivity index (χ3v) is 2.34. The van der Waals surface area contributed by atoms with Crippen LogP contribution in [0.1, 0.15) is 36.2 Å². The molecule has 1 rings (SSSR count). The van der Waals surface area contributed by atoms with E-state index in [1.165, 1.54) is 0 Å². The molecule has 2 nitrogen and oxygen atoms in total. The van der Waals surface area contributed by atoms with Crippen LogP contribution in [0.15, 0.2) is 24.3 Å². The molecule has 1 aromatic carbocycles. The molecule has 0 atom stereocenters. The highest BCUT2D eigenvalue weighted by Crippen LogP contribution is 2.08. The first kappa shape index (κ1) is 11.8. The fraction of sp³-hybridized carbons (Fsp3) is 0.385. The van der Waals surface area contributed by atoms with E-state index in [4.69, 9.17) is 0 Å². The minimum Gasteiger partial charge on any atom is -0.339 e. The van der Waals surface area contributed by atoms with E-state index in [1.54, 1.807) is 0 Å². The molecule has 0 heterocycles. The van der Waals surface area contributed by atoms with Crippen LogP contribution < -0.4 is 0 Å². The standard InChI is InChI=1S/C13H18NO/c1-4-9-14(5-2)13(15)12-8-6-7-11(3)10-12/h6-8,10H,3-5,9H2,1-2H3. The van der Waals surface area contributed by atoms with Gasteiger partial charge < -0.3 is 4.90 Å². The molecule has 1 radical (unpaired) electrons. The maximum Gasteiger partial charge on any atom is 0.253 e. The summed E-state index contributed by atoms with van der Waals surface area (Å²) in [5.41, 5.74) is 1.62. The molecule has 15 heavy (non-hydrogen) atoms. The van der Waals surface area contributed by atoms with Crippen molar-refractivity contribution in [2.75, 3.05) is 13.1 Å². The number of hydrogen-bond acceptors (Lipinski definition) is 1. The average Bonchev–Trinajstić information content (AvgIpc) is 2.25. The van der Waals surface area contributed by atoms with Gasteiger partial charge in [-0.25, -0.2) is 0 Å². The van der Waals surface area contributed by atoms with E-state index in [0.717, 1.165) is 30.6 Å². The molecule has 0 aliphatic heterocycles. The lowest BCUT2D eigenvalue weighted by Gasteiger charge is -2.20. The van der Waals surface area contributed by atoms with Crippen LogP contribution in [0.25, 0.3) is 0 Å². The van der Waals surface area contributed by atoms with E-state index in [2.05, 4.69) is 13.8 Å². The summed E-state index contributed by atoms with van der Waals surface area (Å²) >= 11 is 0. The van der Waals surface area contributed by atoms with Gasteiger partial charge in [-0.3, -0.25) is 4.79 Å². The van der Waals surface area contributed by atoms with Gasteiger partial charge in [-0.2, -0.15) is 0 Å². The van der Waals surface area contributed by atoms with Crippen molar-refractivity contribution in [1.82, 2.24) is 4.90 Å². The van der Waals surface area contributed by atoms with Crippen molar-refractivity contribution in [3.8, 4) is 0 Å². The highest BCUT2D eigenvalue weighted by atomic mass is 16.2. The van der Waals surface area contributed by atoms with Crippen LogP contribution in [0.2, 0.25) is 0 Å². The summed E-state index contributed by atoms with van der Waals surface area (Å²) in [7, 11) is 0. The maximum atomic E-state index is 12.0. The fourth-order valence-electron chi connectivity index (χ4n) is 1.56. The molecular weight excluding hydrogens is 186 g/mol. The summed E-state index contributed by atoms with van der Waals surface area (Å²) in [6.07, 6.45) is 0.990. The smallest absolute Gasteiger partial charge is 0.253 e. The molecule has 1 amide bonds. The summed E-state index contributed by atoms with van der Waals surface area (Å²) in [5.74, 6) is 0.102. The van der Waals surface area contributed by atoms with Gasteiger partial charge in [0.25, 0.3) is 5.91 Å². The molecule has 0 bridgehead atoms. The van der Waals surface area contributed by atoms with Crippen molar-refractivity contribution >= 4 is 5.91 Å². The Morgan fingerprint density at radius 2 is 2.13 bits per heavy atom. The fourth-order valence-corrected chi connectivity index (χ4v) is 1.56. The number of benzene rings is 1. The second kappa shape index (κ2) is 5.54. The number of carbonyl (C=O) groups excluding carboxylic acids is 1. The zero-order valence-electron chi connectivity index (χ0n) is 9.49. The minimum atomic E-state index is 0.102. The van der Waals surface area contributed by atoms with Crippen molar-refractivity contribution in [1.29, 1.82) is 0 Å². The Morgan fingerprint density at radius 1 is 1.40 bits per heavy atom. The highest BCUT2D eigenvalue weighted by molar-refractivity contribution is 5.94. The number of hydrogen-bond donors (Lipinski definition) is 0. The molecule has 2 heteroatoms. The molecular formula is C13H18NO. The van der Waals surface area contributed by atoms with Crippen LogP contribution in [-0.2, 0) is 0 Å². The van der Waals surface area contributed by atoms with E-state index in [0.29, 0.717) is 0 Å². The quantitative estimate of drug-likeness (QED) is 0.738. The van der Waals surface area contributed by atoms with Crippen LogP contribution in [-0.4, -0.2) is 23.9 Å². The molecule has 0 unspecified atom stereocenters. The Hall–Kier alpha value is -1.31. The number of carbonyl (C=O) groups is 1. The normalized spacial score (nSPS) is 10.1. The zero-order valence-corrected chi connectivity index (χ0v) is 9.49. The van der Waals surface area contributed by atoms with Crippen molar-refractivity contribution in [2.24, 2.45) is 0 Å². The van der Waals surface area contributed by atoms with E-state index in [-0.39, 0.29) is 5.91 Å². The summed E-state index contributed by atoms with van der Waals surface area (Å²) in [6.45, 7) is 9.48. The number of amides is 1. The lowest BCUT2D eigenvalue weighted by Crippen LogP contribution is -2.31. The molecule has 0 fully saturated rings. The van der Waals surface area contributed by atoms with Gasteiger partial charge >= 0.3 is 0 Å². The Balaban J connectivity index is 2.82. The highest BCUT2D eigenvalue weighted by Gasteiger charge is 2.12. The maximum absolute atomic E-state index is 12.0. The summed E-state index contributed by atoms with van der Waals surface area (Å²) in [4.78, 5) is 13.9. The molecule has 0 aliphatic rings. The first-order chi connectivity index (χ1) is 7.19. The summed E-state index contributed by atoms with van der Waals surface area (Å²) in [5, 5.41) is 0. The first-order valence-corrected chi connectivity index (χ1v) is 5.40. The van der Waals surface area contributed by atoms with Gasteiger partial charge in [0.05, 0.1) is 0 Å². The van der Waals surface area contributed by atoms with Crippen molar-refractivity contribution < 1.29 is 4.79 Å². The number of rotatable bonds is 4. The molecule has 81 valence electrons. The van der Waals surface area contributed by atoms with Crippen LogP contribution in [0.4, 0.5) is 0 Å². The van der Waals surface area contributed by atoms with Gasteiger partial charge in [-0.05, 0) is 38.0 Å². The van der Waals surface area contributed by atoms with E-state index in [9.17, 15) is 4.79 Å². The molecule has 0 saturated carbocycles. The predicted molar refractivity (Wildman–Crippen MR) is 62.8 cm³/mol. The van der Waals surface area contributed by atoms with Gasteiger partial charge in [0.15, 0.2) is 0 Å². The Labute approximate surface area is 91.9 Å². The zero-order chi connectivity index (χ0) is 11.3. The lowest BCUT2D eigenvalue weighted by molar-refractivity contribution is 0.0764. The van der Waals surface area contributed by atoms with Crippen LogP contribution in [0.3, 0.4) is 0 Å². The monoisotopic (exact) mass is 204 g/mol. The molecule has 0 saturated heterocycles. The van der Waals surface area contributed by atoms with Gasteiger partial charge in [-0.1, -0.05) is 19.1 Å². The molecule has 1 aromatic rings. The third kappa shape index (κ3) is 3.08. The molecule has 0 spiro atoms.